The molecule has 122 valence electrons. The normalized spacial score (nSPS) is 18.0. The molecular formula is C12H5ClF5N3O2. The summed E-state index contributed by atoms with van der Waals surface area (Å²) in [4.78, 5) is 14.6. The summed E-state index contributed by atoms with van der Waals surface area (Å²) in [6.45, 7) is 0. The number of hydrogen-bond acceptors (Lipinski definition) is 5. The standard InChI is InChI=1S/C12H5ClF5N3O2/c13-10-19-4-7(14)9(21-10)20-5-1-2-6-8(3-5)22-23-12(17,18)11(6,15)16/h1-4H,(H,19,20,21). The second-order valence-electron chi connectivity index (χ2n) is 4.43. The Labute approximate surface area is 129 Å². The van der Waals surface area contributed by atoms with Gasteiger partial charge in [0.25, 0.3) is 0 Å². The van der Waals surface area contributed by atoms with Crippen LogP contribution < -0.4 is 10.2 Å². The minimum absolute atomic E-state index is 0.0297. The van der Waals surface area contributed by atoms with E-state index in [1.54, 1.807) is 0 Å². The van der Waals surface area contributed by atoms with Crippen LogP contribution in [0.15, 0.2) is 24.4 Å². The van der Waals surface area contributed by atoms with Crippen molar-refractivity contribution in [1.29, 1.82) is 0 Å². The Morgan fingerprint density at radius 1 is 1.17 bits per heavy atom. The van der Waals surface area contributed by atoms with E-state index >= 15 is 0 Å². The minimum Gasteiger partial charge on any atom is -0.338 e. The van der Waals surface area contributed by atoms with Crippen molar-refractivity contribution in [1.82, 2.24) is 9.97 Å². The Hall–Kier alpha value is -2.20. The zero-order valence-corrected chi connectivity index (χ0v) is 11.5. The third-order valence-corrected chi connectivity index (χ3v) is 3.08. The van der Waals surface area contributed by atoms with E-state index in [4.69, 9.17) is 11.6 Å². The van der Waals surface area contributed by atoms with E-state index in [-0.39, 0.29) is 16.8 Å². The van der Waals surface area contributed by atoms with Crippen molar-refractivity contribution in [2.24, 2.45) is 0 Å². The maximum atomic E-state index is 13.6. The van der Waals surface area contributed by atoms with E-state index < -0.39 is 29.2 Å². The molecule has 3 rings (SSSR count). The first kappa shape index (κ1) is 15.7. The summed E-state index contributed by atoms with van der Waals surface area (Å²) in [5, 5.41) is 2.18. The van der Waals surface area contributed by atoms with Crippen LogP contribution in [0, 0.1) is 5.82 Å². The van der Waals surface area contributed by atoms with Crippen LogP contribution in [0.25, 0.3) is 0 Å². The molecule has 2 heterocycles. The van der Waals surface area contributed by atoms with Crippen LogP contribution in [-0.2, 0) is 10.8 Å². The van der Waals surface area contributed by atoms with Crippen LogP contribution in [-0.4, -0.2) is 16.1 Å². The molecule has 5 nitrogen and oxygen atoms in total. The molecule has 1 N–H and O–H groups in total. The zero-order chi connectivity index (χ0) is 16.8. The number of nitrogens with zero attached hydrogens (tertiary/aromatic N) is 2. The average Bonchev–Trinajstić information content (AvgIpc) is 2.48. The SMILES string of the molecule is Fc1cnc(Cl)nc1Nc1ccc2c(c1)OOC(F)(F)C2(F)F. The van der Waals surface area contributed by atoms with Gasteiger partial charge in [0.1, 0.15) is 0 Å². The molecule has 0 fully saturated rings. The van der Waals surface area contributed by atoms with Gasteiger partial charge in [0.15, 0.2) is 17.4 Å². The van der Waals surface area contributed by atoms with Gasteiger partial charge in [-0.2, -0.15) is 22.5 Å². The fourth-order valence-corrected chi connectivity index (χ4v) is 1.94. The lowest BCUT2D eigenvalue weighted by molar-refractivity contribution is -0.466. The predicted octanol–water partition coefficient (Wildman–Crippen LogP) is 4.02. The average molecular weight is 354 g/mol. The number of halogens is 6. The predicted molar refractivity (Wildman–Crippen MR) is 67.3 cm³/mol. The van der Waals surface area contributed by atoms with Crippen molar-refractivity contribution < 1.29 is 31.7 Å². The van der Waals surface area contributed by atoms with Gasteiger partial charge in [-0.1, -0.05) is 0 Å². The smallest absolute Gasteiger partial charge is 0.338 e. The first-order valence-corrected chi connectivity index (χ1v) is 6.29. The number of nitrogens with one attached hydrogen (secondary N) is 1. The summed E-state index contributed by atoms with van der Waals surface area (Å²) in [6.07, 6.45) is -4.01. The first-order chi connectivity index (χ1) is 10.7. The number of benzene rings is 1. The van der Waals surface area contributed by atoms with Crippen molar-refractivity contribution in [3.63, 3.8) is 0 Å². The van der Waals surface area contributed by atoms with Crippen LogP contribution in [0.2, 0.25) is 5.28 Å². The van der Waals surface area contributed by atoms with Crippen molar-refractivity contribution in [3.05, 3.63) is 41.1 Å². The van der Waals surface area contributed by atoms with Crippen molar-refractivity contribution >= 4 is 23.1 Å². The molecule has 0 aliphatic carbocycles. The molecule has 0 spiro atoms. The summed E-state index contributed by atoms with van der Waals surface area (Å²) >= 11 is 5.51. The number of anilines is 2. The van der Waals surface area contributed by atoms with E-state index in [1.165, 1.54) is 0 Å². The van der Waals surface area contributed by atoms with E-state index in [0.29, 0.717) is 6.07 Å². The highest BCUT2D eigenvalue weighted by molar-refractivity contribution is 6.28. The molecule has 0 unspecified atom stereocenters. The van der Waals surface area contributed by atoms with Crippen LogP contribution in [0.1, 0.15) is 5.56 Å². The molecule has 0 saturated carbocycles. The quantitative estimate of drug-likeness (QED) is 0.502. The van der Waals surface area contributed by atoms with Gasteiger partial charge in [0, 0.05) is 11.8 Å². The fourth-order valence-electron chi connectivity index (χ4n) is 1.80. The van der Waals surface area contributed by atoms with Gasteiger partial charge in [-0.3, -0.25) is 0 Å². The highest BCUT2D eigenvalue weighted by atomic mass is 35.5. The molecular weight excluding hydrogens is 349 g/mol. The number of fused-ring (bicyclic) bond motifs is 1. The Bertz CT molecular complexity index is 774. The van der Waals surface area contributed by atoms with E-state index in [9.17, 15) is 22.0 Å². The van der Waals surface area contributed by atoms with Crippen LogP contribution in [0.3, 0.4) is 0 Å². The van der Waals surface area contributed by atoms with Crippen LogP contribution >= 0.6 is 11.6 Å². The molecule has 0 amide bonds. The van der Waals surface area contributed by atoms with Crippen molar-refractivity contribution in [2.75, 3.05) is 5.32 Å². The zero-order valence-electron chi connectivity index (χ0n) is 10.8. The molecule has 11 heteroatoms. The summed E-state index contributed by atoms with van der Waals surface area (Å²) in [7, 11) is 0. The molecule has 1 aliphatic heterocycles. The topological polar surface area (TPSA) is 56.3 Å². The van der Waals surface area contributed by atoms with E-state index in [1.807, 2.05) is 0 Å². The maximum absolute atomic E-state index is 13.6. The van der Waals surface area contributed by atoms with Crippen LogP contribution in [0.5, 0.6) is 5.75 Å². The van der Waals surface area contributed by atoms with Gasteiger partial charge in [-0.25, -0.2) is 9.37 Å². The summed E-state index contributed by atoms with van der Waals surface area (Å²) in [5.74, 6) is -6.42. The number of rotatable bonds is 2. The highest BCUT2D eigenvalue weighted by Crippen LogP contribution is 2.51. The molecule has 0 atom stereocenters. The Kier molecular flexibility index (Phi) is 3.52. The molecule has 1 aromatic carbocycles. The third kappa shape index (κ3) is 2.63. The maximum Gasteiger partial charge on any atom is 0.459 e. The van der Waals surface area contributed by atoms with E-state index in [0.717, 1.165) is 18.3 Å². The van der Waals surface area contributed by atoms with Gasteiger partial charge < -0.3 is 10.2 Å². The van der Waals surface area contributed by atoms with Gasteiger partial charge >= 0.3 is 12.0 Å². The second kappa shape index (κ2) is 5.17. The van der Waals surface area contributed by atoms with E-state index in [2.05, 4.69) is 25.1 Å². The minimum atomic E-state index is -4.80. The first-order valence-electron chi connectivity index (χ1n) is 5.91. The van der Waals surface area contributed by atoms with Gasteiger partial charge in [-0.15, -0.1) is 4.89 Å². The summed E-state index contributed by atoms with van der Waals surface area (Å²) in [6, 6.07) is 2.65. The molecule has 1 aliphatic rings. The lowest BCUT2D eigenvalue weighted by Gasteiger charge is -2.30. The molecule has 2 aromatic rings. The van der Waals surface area contributed by atoms with Crippen molar-refractivity contribution in [3.8, 4) is 5.75 Å². The lowest BCUT2D eigenvalue weighted by atomic mass is 10.0. The Morgan fingerprint density at radius 3 is 2.65 bits per heavy atom. The number of alkyl halides is 4. The Balaban J connectivity index is 1.95. The van der Waals surface area contributed by atoms with Gasteiger partial charge in [0.2, 0.25) is 5.28 Å². The molecule has 0 bridgehead atoms. The Morgan fingerprint density at radius 2 is 1.91 bits per heavy atom. The van der Waals surface area contributed by atoms with Gasteiger partial charge in [-0.05, 0) is 23.7 Å². The highest BCUT2D eigenvalue weighted by Gasteiger charge is 2.64. The molecule has 0 saturated heterocycles. The fraction of sp³-hybridized carbons (Fsp3) is 0.167. The molecule has 23 heavy (non-hydrogen) atoms. The number of aromatic nitrogens is 2. The van der Waals surface area contributed by atoms with Gasteiger partial charge in [0.05, 0.1) is 11.8 Å². The lowest BCUT2D eigenvalue weighted by Crippen LogP contribution is -2.44. The van der Waals surface area contributed by atoms with Crippen LogP contribution in [0.4, 0.5) is 33.5 Å². The largest absolute Gasteiger partial charge is 0.459 e. The third-order valence-electron chi connectivity index (χ3n) is 2.90. The number of hydrogen-bond donors (Lipinski definition) is 1. The molecule has 0 radical (unpaired) electrons. The summed E-state index contributed by atoms with van der Waals surface area (Å²) in [5.41, 5.74) is -1.04. The van der Waals surface area contributed by atoms with Crippen molar-refractivity contribution in [2.45, 2.75) is 12.0 Å². The summed E-state index contributed by atoms with van der Waals surface area (Å²) < 4.78 is 66.7. The molecule has 1 aromatic heterocycles. The monoisotopic (exact) mass is 353 g/mol. The second-order valence-corrected chi connectivity index (χ2v) is 4.77.